The quantitative estimate of drug-likeness (QED) is 0.549. The molecule has 0 aliphatic heterocycles. The fourth-order valence-electron chi connectivity index (χ4n) is 3.01. The number of benzene rings is 1. The first-order valence-corrected chi connectivity index (χ1v) is 9.56. The Labute approximate surface area is 160 Å². The number of hydrogen-bond acceptors (Lipinski definition) is 2. The second-order valence-electron chi connectivity index (χ2n) is 5.43. The van der Waals surface area contributed by atoms with Crippen molar-refractivity contribution in [2.75, 3.05) is 0 Å². The minimum Gasteiger partial charge on any atom is -1.00 e. The van der Waals surface area contributed by atoms with E-state index in [4.69, 9.17) is 0 Å². The third kappa shape index (κ3) is 3.45. The summed E-state index contributed by atoms with van der Waals surface area (Å²) in [7, 11) is 0. The first-order valence-electron chi connectivity index (χ1n) is 7.11. The number of rotatable bonds is 3. The van der Waals surface area contributed by atoms with Gasteiger partial charge in [-0.1, -0.05) is 0 Å². The zero-order chi connectivity index (χ0) is 14.2. The van der Waals surface area contributed by atoms with Crippen molar-refractivity contribution in [2.45, 2.75) is 19.4 Å². The van der Waals surface area contributed by atoms with Crippen molar-refractivity contribution in [1.29, 1.82) is 0 Å². The molecule has 4 rings (SSSR count). The monoisotopic (exact) mass is 421 g/mol. The number of hydrogen-bond donors (Lipinski definition) is 0. The number of aromatic nitrogens is 3. The van der Waals surface area contributed by atoms with Crippen molar-refractivity contribution in [3.63, 3.8) is 0 Å². The Balaban J connectivity index is 0.000000960. The molecule has 0 spiro atoms. The van der Waals surface area contributed by atoms with E-state index in [0.29, 0.717) is 6.04 Å². The zero-order valence-electron chi connectivity index (χ0n) is 12.6. The van der Waals surface area contributed by atoms with Gasteiger partial charge in [0.15, 0.2) is 0 Å². The third-order valence-electron chi connectivity index (χ3n) is 4.09. The molecule has 1 atom stereocenters. The van der Waals surface area contributed by atoms with E-state index < -0.39 is 23.2 Å². The summed E-state index contributed by atoms with van der Waals surface area (Å²) in [5.74, 6) is 0. The molecule has 0 amide bonds. The van der Waals surface area contributed by atoms with Gasteiger partial charge in [0.05, 0.1) is 0 Å². The van der Waals surface area contributed by atoms with Crippen LogP contribution < -0.4 is 24.8 Å². The molecule has 1 heterocycles. The maximum Gasteiger partial charge on any atom is -1.00 e. The maximum atomic E-state index is 4.00. The number of allylic oxidation sites excluding steroid dienone is 5. The maximum absolute atomic E-state index is 4.00. The molecule has 2 aliphatic carbocycles. The van der Waals surface area contributed by atoms with E-state index in [0.717, 1.165) is 6.42 Å². The van der Waals surface area contributed by atoms with Gasteiger partial charge in [0.1, 0.15) is 0 Å². The standard InChI is InChI=1S/C11H8N3.C6H7.2ClH.Zr/c1-2-4-10-9(3-1)5-6-11(10)14-7-12-13-8-14;1-6-4-2-3-5-6;;;/h1-5,7-8,11H;2,4H,3H2,1H3;2*1H;/q;;;;+2/p-2. The van der Waals surface area contributed by atoms with E-state index in [-0.39, 0.29) is 24.8 Å². The van der Waals surface area contributed by atoms with Gasteiger partial charge in [-0.2, -0.15) is 0 Å². The minimum atomic E-state index is -0.737. The van der Waals surface area contributed by atoms with Crippen molar-refractivity contribution < 1.29 is 48.0 Å². The fourth-order valence-corrected chi connectivity index (χ4v) is 6.74. The molecule has 1 aromatic heterocycles. The topological polar surface area (TPSA) is 30.7 Å². The summed E-state index contributed by atoms with van der Waals surface area (Å²) in [6.07, 6.45) is 11.8. The Morgan fingerprint density at radius 2 is 1.87 bits per heavy atom. The predicted molar refractivity (Wildman–Crippen MR) is 79.0 cm³/mol. The van der Waals surface area contributed by atoms with E-state index in [9.17, 15) is 0 Å². The summed E-state index contributed by atoms with van der Waals surface area (Å²) in [6.45, 7) is 2.25. The van der Waals surface area contributed by atoms with Crippen LogP contribution in [0.25, 0.3) is 6.08 Å². The van der Waals surface area contributed by atoms with Crippen molar-refractivity contribution in [2.24, 2.45) is 0 Å². The van der Waals surface area contributed by atoms with Gasteiger partial charge in [-0.15, -0.1) is 0 Å². The van der Waals surface area contributed by atoms with Gasteiger partial charge in [-0.05, 0) is 0 Å². The average molecular weight is 423 g/mol. The Hall–Kier alpha value is -0.957. The third-order valence-corrected chi connectivity index (χ3v) is 8.04. The molecule has 23 heavy (non-hydrogen) atoms. The normalized spacial score (nSPS) is 18.0. The molecule has 2 aromatic rings. The van der Waals surface area contributed by atoms with Gasteiger partial charge in [0.2, 0.25) is 0 Å². The molecule has 0 saturated heterocycles. The van der Waals surface area contributed by atoms with Crippen LogP contribution in [0.5, 0.6) is 0 Å². The molecule has 0 radical (unpaired) electrons. The number of halogens is 2. The molecule has 3 nitrogen and oxygen atoms in total. The molecule has 2 aliphatic rings. The summed E-state index contributed by atoms with van der Waals surface area (Å²) < 4.78 is 5.44. The average Bonchev–Trinajstić information content (AvgIpc) is 3.19. The van der Waals surface area contributed by atoms with Gasteiger partial charge < -0.3 is 24.8 Å². The molecule has 116 valence electrons. The van der Waals surface area contributed by atoms with Gasteiger partial charge in [0.25, 0.3) is 0 Å². The number of fused-ring (bicyclic) bond motifs is 1. The van der Waals surface area contributed by atoms with E-state index in [2.05, 4.69) is 64.2 Å². The second-order valence-corrected chi connectivity index (χ2v) is 8.95. The van der Waals surface area contributed by atoms with E-state index in [1.807, 2.05) is 12.7 Å². The summed E-state index contributed by atoms with van der Waals surface area (Å²) >= 11 is -0.737. The Bertz CT molecular complexity index is 779. The Morgan fingerprint density at radius 3 is 2.57 bits per heavy atom. The number of nitrogens with zero attached hydrogens (tertiary/aromatic N) is 3. The van der Waals surface area contributed by atoms with Crippen LogP contribution in [0.4, 0.5) is 0 Å². The summed E-state index contributed by atoms with van der Waals surface area (Å²) in [5.41, 5.74) is 4.23. The summed E-state index contributed by atoms with van der Waals surface area (Å²) in [5, 5.41) is 8.00. The van der Waals surface area contributed by atoms with E-state index in [1.54, 1.807) is 6.56 Å². The van der Waals surface area contributed by atoms with Crippen LogP contribution in [0.15, 0.2) is 61.2 Å². The van der Waals surface area contributed by atoms with Gasteiger partial charge in [-0.3, -0.25) is 0 Å². The Morgan fingerprint density at radius 1 is 1.13 bits per heavy atom. The minimum absolute atomic E-state index is 0. The van der Waals surface area contributed by atoms with Crippen molar-refractivity contribution in [3.05, 3.63) is 72.3 Å². The largest absolute Gasteiger partial charge is 1.00 e. The first kappa shape index (κ1) is 18.4. The van der Waals surface area contributed by atoms with Crippen molar-refractivity contribution in [1.82, 2.24) is 14.8 Å². The van der Waals surface area contributed by atoms with Crippen LogP contribution in [-0.4, -0.2) is 14.8 Å². The van der Waals surface area contributed by atoms with Gasteiger partial charge in [-0.25, -0.2) is 0 Å². The second kappa shape index (κ2) is 7.74. The van der Waals surface area contributed by atoms with Crippen LogP contribution >= 0.6 is 0 Å². The van der Waals surface area contributed by atoms with Crippen LogP contribution in [0.3, 0.4) is 0 Å². The smallest absolute Gasteiger partial charge is 1.00 e. The van der Waals surface area contributed by atoms with Gasteiger partial charge in [0, 0.05) is 0 Å². The molecule has 0 bridgehead atoms. The summed E-state index contributed by atoms with van der Waals surface area (Å²) in [6, 6.07) is 9.00. The van der Waals surface area contributed by atoms with Crippen LogP contribution in [0.2, 0.25) is 0 Å². The predicted octanol–water partition coefficient (Wildman–Crippen LogP) is -2.45. The molecule has 0 N–H and O–H groups in total. The zero-order valence-corrected chi connectivity index (χ0v) is 16.5. The van der Waals surface area contributed by atoms with Crippen LogP contribution in [0, 0.1) is 0 Å². The van der Waals surface area contributed by atoms with E-state index >= 15 is 0 Å². The molecular formula is C17H15Cl2N3Zr. The van der Waals surface area contributed by atoms with Crippen molar-refractivity contribution in [3.8, 4) is 0 Å². The van der Waals surface area contributed by atoms with E-state index in [1.165, 1.54) is 16.7 Å². The van der Waals surface area contributed by atoms with Crippen molar-refractivity contribution >= 4 is 6.08 Å². The molecule has 0 fully saturated rings. The fraction of sp³-hybridized carbons (Fsp3) is 0.176. The first-order chi connectivity index (χ1) is 10.3. The summed E-state index contributed by atoms with van der Waals surface area (Å²) in [4.78, 5) is 0. The Kier molecular flexibility index (Phi) is 6.19. The molecule has 6 heteroatoms. The molecule has 1 aromatic carbocycles. The van der Waals surface area contributed by atoms with Crippen LogP contribution in [0.1, 0.15) is 30.5 Å². The molecule has 0 saturated carbocycles. The van der Waals surface area contributed by atoms with Crippen LogP contribution in [-0.2, 0) is 23.2 Å². The van der Waals surface area contributed by atoms with Gasteiger partial charge >= 0.3 is 136 Å². The molecule has 1 unspecified atom stereocenters. The molecular weight excluding hydrogens is 408 g/mol. The SMILES string of the molecule is CC1=[C]([Zr+2][C]2=Cc3ccccc3C2n2cnnc2)CC=C1.[Cl-].[Cl-].